The van der Waals surface area contributed by atoms with Crippen LogP contribution < -0.4 is 14.5 Å². The van der Waals surface area contributed by atoms with Crippen molar-refractivity contribution in [2.45, 2.75) is 39.5 Å². The van der Waals surface area contributed by atoms with Crippen LogP contribution in [0, 0.1) is 18.8 Å². The van der Waals surface area contributed by atoms with Gasteiger partial charge in [-0.2, -0.15) is 12.1 Å². The third kappa shape index (κ3) is 7.02. The van der Waals surface area contributed by atoms with Gasteiger partial charge in [0.2, 0.25) is 0 Å². The average Bonchev–Trinajstić information content (AvgIpc) is 3.99. The van der Waals surface area contributed by atoms with Crippen molar-refractivity contribution < 1.29 is 25.8 Å². The molecule has 0 radical (unpaired) electrons. The van der Waals surface area contributed by atoms with Gasteiger partial charge in [0.05, 0.1) is 5.52 Å². The topological polar surface area (TPSA) is 33.5 Å². The van der Waals surface area contributed by atoms with E-state index in [2.05, 4.69) is 194 Å². The molecule has 5 nitrogen and oxygen atoms in total. The number of hydrogen-bond donors (Lipinski definition) is 0. The van der Waals surface area contributed by atoms with Crippen LogP contribution in [0.25, 0.3) is 59.2 Å². The van der Waals surface area contributed by atoms with Crippen molar-refractivity contribution in [3.8, 4) is 17.3 Å². The molecular weight excluding hydrogens is 972 g/mol. The van der Waals surface area contributed by atoms with Crippen LogP contribution in [0.5, 0.6) is 11.5 Å². The van der Waals surface area contributed by atoms with Crippen molar-refractivity contribution in [2.24, 2.45) is 0 Å². The van der Waals surface area contributed by atoms with E-state index in [1.807, 2.05) is 47.9 Å². The standard InChI is InChI=1S/C56H43N4OS.Pt/c1-36(2)43-24-16-25-44(37(3)4)55(43)59-35-58(53(38-17-7-5-8-18-38)54(59)39-19-9-6-10-20-39)40-21-15-22-41(33-40)61-42-28-29-45-46-30-31-50-52(47-23-11-12-26-49(47)62-50)56(46)60(48(45)34-42)51-27-13-14-32-57-51;/h5-32,35-37H,1-4H3;/q-3;. The van der Waals surface area contributed by atoms with Gasteiger partial charge < -0.3 is 19.1 Å². The van der Waals surface area contributed by atoms with Gasteiger partial charge in [-0.25, -0.2) is 4.98 Å². The SMILES string of the molecule is CC(C)c1cccc(C(C)C)c1N1[CH-]N(c2[c-]c(Oc3[c-]c4c(cc3)c3ccc5sc6ccccc6c5c3n4-c3ccccn3)ccc2)C(c2ccccc2)=C1c1ccccc1.[Pt]. The molecule has 0 bridgehead atoms. The Labute approximate surface area is 386 Å². The van der Waals surface area contributed by atoms with Crippen molar-refractivity contribution in [2.75, 3.05) is 9.80 Å². The summed E-state index contributed by atoms with van der Waals surface area (Å²) in [6.07, 6.45) is 1.85. The third-order valence-electron chi connectivity index (χ3n) is 11.9. The van der Waals surface area contributed by atoms with Crippen molar-refractivity contribution >= 4 is 76.1 Å². The Morgan fingerprint density at radius 2 is 1.19 bits per heavy atom. The Bertz CT molecular complexity index is 3290. The molecule has 11 rings (SSSR count). The summed E-state index contributed by atoms with van der Waals surface area (Å²) in [5, 5.41) is 4.71. The monoisotopic (exact) mass is 1010 g/mol. The van der Waals surface area contributed by atoms with Gasteiger partial charge in [-0.1, -0.05) is 142 Å². The number of rotatable bonds is 9. The van der Waals surface area contributed by atoms with Crippen molar-refractivity contribution in [3.05, 3.63) is 211 Å². The number of fused-ring (bicyclic) bond motifs is 7. The summed E-state index contributed by atoms with van der Waals surface area (Å²) in [5.41, 5.74) is 11.1. The maximum absolute atomic E-state index is 6.77. The molecule has 7 heteroatoms. The number of aromatic nitrogens is 2. The molecule has 1 aliphatic rings. The molecule has 1 aliphatic heterocycles. The molecule has 0 N–H and O–H groups in total. The summed E-state index contributed by atoms with van der Waals surface area (Å²) >= 11 is 1.82. The normalized spacial score (nSPS) is 13.0. The van der Waals surface area contributed by atoms with Crippen LogP contribution in [0.3, 0.4) is 0 Å². The second-order valence-electron chi connectivity index (χ2n) is 16.4. The molecule has 0 spiro atoms. The van der Waals surface area contributed by atoms with Gasteiger partial charge in [0.15, 0.2) is 0 Å². The first-order chi connectivity index (χ1) is 30.4. The van der Waals surface area contributed by atoms with E-state index in [1.165, 1.54) is 37.0 Å². The van der Waals surface area contributed by atoms with Crippen LogP contribution in [-0.4, -0.2) is 9.55 Å². The van der Waals surface area contributed by atoms with Gasteiger partial charge >= 0.3 is 0 Å². The number of thiophene rings is 1. The zero-order valence-electron chi connectivity index (χ0n) is 35.3. The summed E-state index contributed by atoms with van der Waals surface area (Å²) in [5.74, 6) is 2.65. The van der Waals surface area contributed by atoms with Gasteiger partial charge in [-0.15, -0.1) is 59.4 Å². The molecule has 0 saturated carbocycles. The van der Waals surface area contributed by atoms with Crippen LogP contribution >= 0.6 is 11.3 Å². The first-order valence-corrected chi connectivity index (χ1v) is 22.1. The number of benzene rings is 7. The van der Waals surface area contributed by atoms with Crippen molar-refractivity contribution in [1.29, 1.82) is 0 Å². The molecule has 0 saturated heterocycles. The average molecular weight is 1020 g/mol. The molecule has 312 valence electrons. The summed E-state index contributed by atoms with van der Waals surface area (Å²) in [6, 6.07) is 65.1. The van der Waals surface area contributed by atoms with Crippen LogP contribution in [-0.2, 0) is 21.1 Å². The molecule has 0 amide bonds. The quantitative estimate of drug-likeness (QED) is 0.135. The number of nitrogens with zero attached hydrogens (tertiary/aromatic N) is 4. The Morgan fingerprint density at radius 1 is 0.556 bits per heavy atom. The van der Waals surface area contributed by atoms with Crippen LogP contribution in [0.15, 0.2) is 170 Å². The molecule has 3 aromatic heterocycles. The summed E-state index contributed by atoms with van der Waals surface area (Å²) < 4.78 is 11.5. The minimum Gasteiger partial charge on any atom is -0.509 e. The molecular formula is C56H43N4OPtS-3. The number of pyridine rings is 1. The predicted octanol–water partition coefficient (Wildman–Crippen LogP) is 15.2. The molecule has 4 heterocycles. The van der Waals surface area contributed by atoms with E-state index >= 15 is 0 Å². The number of hydrogen-bond acceptors (Lipinski definition) is 5. The summed E-state index contributed by atoms with van der Waals surface area (Å²) in [6.45, 7) is 11.4. The van der Waals surface area contributed by atoms with E-state index in [9.17, 15) is 0 Å². The maximum atomic E-state index is 6.77. The Balaban J connectivity index is 0.00000471. The molecule has 0 fully saturated rings. The van der Waals surface area contributed by atoms with Crippen LogP contribution in [0.2, 0.25) is 0 Å². The van der Waals surface area contributed by atoms with E-state index in [-0.39, 0.29) is 21.1 Å². The fourth-order valence-electron chi connectivity index (χ4n) is 9.09. The first kappa shape index (κ1) is 40.6. The minimum absolute atomic E-state index is 0. The Hall–Kier alpha value is -6.46. The second kappa shape index (κ2) is 16.7. The number of anilines is 2. The van der Waals surface area contributed by atoms with Gasteiger partial charge in [0.25, 0.3) is 0 Å². The number of ether oxygens (including phenoxy) is 1. The third-order valence-corrected chi connectivity index (χ3v) is 13.0. The zero-order chi connectivity index (χ0) is 41.9. The van der Waals surface area contributed by atoms with Gasteiger partial charge in [0.1, 0.15) is 5.82 Å². The largest absolute Gasteiger partial charge is 0.509 e. The van der Waals surface area contributed by atoms with E-state index in [1.54, 1.807) is 0 Å². The Kier molecular flexibility index (Phi) is 10.7. The minimum atomic E-state index is 0. The van der Waals surface area contributed by atoms with Gasteiger partial charge in [-0.05, 0) is 63.7 Å². The Morgan fingerprint density at radius 3 is 1.89 bits per heavy atom. The van der Waals surface area contributed by atoms with E-state index in [0.29, 0.717) is 23.3 Å². The molecule has 0 unspecified atom stereocenters. The predicted molar refractivity (Wildman–Crippen MR) is 259 cm³/mol. The first-order valence-electron chi connectivity index (χ1n) is 21.3. The van der Waals surface area contributed by atoms with E-state index in [4.69, 9.17) is 9.72 Å². The zero-order valence-corrected chi connectivity index (χ0v) is 38.4. The summed E-state index contributed by atoms with van der Waals surface area (Å²) in [4.78, 5) is 9.55. The molecule has 10 aromatic rings. The van der Waals surface area contributed by atoms with Gasteiger partial charge in [0, 0.05) is 76.0 Å². The van der Waals surface area contributed by atoms with Crippen LogP contribution in [0.4, 0.5) is 11.4 Å². The van der Waals surface area contributed by atoms with Crippen molar-refractivity contribution in [3.63, 3.8) is 0 Å². The van der Waals surface area contributed by atoms with E-state index < -0.39 is 0 Å². The molecule has 63 heavy (non-hydrogen) atoms. The van der Waals surface area contributed by atoms with Gasteiger partial charge in [-0.3, -0.25) is 0 Å². The number of para-hydroxylation sites is 1. The molecule has 0 atom stereocenters. The maximum Gasteiger partial charge on any atom is 0.135 e. The fraction of sp³-hybridized carbons (Fsp3) is 0.107. The summed E-state index contributed by atoms with van der Waals surface area (Å²) in [7, 11) is 0. The second-order valence-corrected chi connectivity index (χ2v) is 17.5. The fourth-order valence-corrected chi connectivity index (χ4v) is 10.2. The van der Waals surface area contributed by atoms with Crippen molar-refractivity contribution in [1.82, 2.24) is 9.55 Å². The molecule has 7 aromatic carbocycles. The molecule has 0 aliphatic carbocycles. The van der Waals surface area contributed by atoms with E-state index in [0.717, 1.165) is 55.8 Å². The van der Waals surface area contributed by atoms with Crippen LogP contribution in [0.1, 0.15) is 61.8 Å². The smallest absolute Gasteiger partial charge is 0.135 e.